The molecule has 0 spiro atoms. The van der Waals surface area contributed by atoms with Crippen LogP contribution in [0.2, 0.25) is 0 Å². The maximum Gasteiger partial charge on any atom is 0.143 e. The van der Waals surface area contributed by atoms with E-state index in [2.05, 4.69) is 21.4 Å². The van der Waals surface area contributed by atoms with Gasteiger partial charge in [-0.3, -0.25) is 11.3 Å². The molecule has 0 saturated carbocycles. The van der Waals surface area contributed by atoms with E-state index in [9.17, 15) is 8.78 Å². The summed E-state index contributed by atoms with van der Waals surface area (Å²) in [4.78, 5) is 0. The molecule has 18 heavy (non-hydrogen) atoms. The second kappa shape index (κ2) is 7.13. The largest absolute Gasteiger partial charge is 0.380 e. The van der Waals surface area contributed by atoms with Crippen LogP contribution in [0, 0.1) is 11.6 Å². The molecule has 102 valence electrons. The van der Waals surface area contributed by atoms with E-state index >= 15 is 0 Å². The van der Waals surface area contributed by atoms with Gasteiger partial charge in [-0.1, -0.05) is 6.92 Å². The van der Waals surface area contributed by atoms with Crippen molar-refractivity contribution in [3.63, 3.8) is 0 Å². The molecular formula is C12H17BrF2N2O. The number of methoxy groups -OCH3 is 1. The van der Waals surface area contributed by atoms with Crippen molar-refractivity contribution in [3.8, 4) is 0 Å². The average molecular weight is 323 g/mol. The number of nitrogens with two attached hydrogens (primary N) is 1. The average Bonchev–Trinajstić information content (AvgIpc) is 2.38. The number of hydrogen-bond acceptors (Lipinski definition) is 3. The molecule has 0 aliphatic rings. The second-order valence-corrected chi connectivity index (χ2v) is 4.84. The third kappa shape index (κ3) is 3.47. The molecule has 3 nitrogen and oxygen atoms in total. The van der Waals surface area contributed by atoms with Crippen LogP contribution in [-0.4, -0.2) is 19.3 Å². The van der Waals surface area contributed by atoms with Gasteiger partial charge >= 0.3 is 0 Å². The van der Waals surface area contributed by atoms with Gasteiger partial charge in [0.1, 0.15) is 11.6 Å². The van der Waals surface area contributed by atoms with E-state index in [1.807, 2.05) is 6.92 Å². The van der Waals surface area contributed by atoms with Crippen LogP contribution in [0.25, 0.3) is 0 Å². The molecule has 3 N–H and O–H groups in total. The summed E-state index contributed by atoms with van der Waals surface area (Å²) in [6, 6.07) is 2.22. The lowest BCUT2D eigenvalue weighted by Crippen LogP contribution is -2.46. The lowest BCUT2D eigenvalue weighted by Gasteiger charge is -2.24. The summed E-state index contributed by atoms with van der Waals surface area (Å²) in [6.45, 7) is 1.92. The van der Waals surface area contributed by atoms with Crippen LogP contribution >= 0.6 is 15.9 Å². The molecule has 1 rings (SSSR count). The third-order valence-corrected chi connectivity index (χ3v) is 3.54. The summed E-state index contributed by atoms with van der Waals surface area (Å²) >= 11 is 3.04. The van der Waals surface area contributed by atoms with Crippen molar-refractivity contribution in [2.45, 2.75) is 31.9 Å². The highest BCUT2D eigenvalue weighted by molar-refractivity contribution is 9.10. The van der Waals surface area contributed by atoms with Crippen molar-refractivity contribution < 1.29 is 13.5 Å². The van der Waals surface area contributed by atoms with Crippen molar-refractivity contribution >= 4 is 15.9 Å². The summed E-state index contributed by atoms with van der Waals surface area (Å²) in [5.74, 6) is 4.25. The number of nitrogens with one attached hydrogen (secondary N) is 1. The monoisotopic (exact) mass is 322 g/mol. The maximum absolute atomic E-state index is 13.8. The second-order valence-electron chi connectivity index (χ2n) is 3.98. The lowest BCUT2D eigenvalue weighted by molar-refractivity contribution is 0.0648. The SMILES string of the molecule is CCC(OC)C(Cc1c(F)ccc(Br)c1F)NN. The molecule has 0 aromatic heterocycles. The molecule has 6 heteroatoms. The predicted molar refractivity (Wildman–Crippen MR) is 70.0 cm³/mol. The highest BCUT2D eigenvalue weighted by atomic mass is 79.9. The van der Waals surface area contributed by atoms with E-state index in [0.717, 1.165) is 0 Å². The Morgan fingerprint density at radius 2 is 2.11 bits per heavy atom. The minimum absolute atomic E-state index is 0.00262. The fourth-order valence-corrected chi connectivity index (χ4v) is 2.26. The van der Waals surface area contributed by atoms with Crippen LogP contribution in [0.1, 0.15) is 18.9 Å². The van der Waals surface area contributed by atoms with Crippen LogP contribution in [0.5, 0.6) is 0 Å². The highest BCUT2D eigenvalue weighted by Gasteiger charge is 2.23. The van der Waals surface area contributed by atoms with Gasteiger partial charge < -0.3 is 4.74 Å². The van der Waals surface area contributed by atoms with Gasteiger partial charge in [0, 0.05) is 12.7 Å². The highest BCUT2D eigenvalue weighted by Crippen LogP contribution is 2.23. The van der Waals surface area contributed by atoms with Gasteiger partial charge in [-0.2, -0.15) is 0 Å². The topological polar surface area (TPSA) is 47.3 Å². The Balaban J connectivity index is 2.98. The van der Waals surface area contributed by atoms with Gasteiger partial charge in [-0.05, 0) is 40.9 Å². The molecule has 0 aliphatic carbocycles. The van der Waals surface area contributed by atoms with E-state index < -0.39 is 11.6 Å². The van der Waals surface area contributed by atoms with Gasteiger partial charge in [0.25, 0.3) is 0 Å². The number of hydrazine groups is 1. The first-order valence-electron chi connectivity index (χ1n) is 5.66. The third-order valence-electron chi connectivity index (χ3n) is 2.93. The van der Waals surface area contributed by atoms with Crippen LogP contribution in [0.15, 0.2) is 16.6 Å². The maximum atomic E-state index is 13.8. The van der Waals surface area contributed by atoms with Gasteiger partial charge in [-0.15, -0.1) is 0 Å². The zero-order valence-electron chi connectivity index (χ0n) is 10.3. The Labute approximate surface area is 114 Å². The smallest absolute Gasteiger partial charge is 0.143 e. The molecule has 0 aliphatic heterocycles. The van der Waals surface area contributed by atoms with Crippen molar-refractivity contribution in [2.75, 3.05) is 7.11 Å². The zero-order valence-corrected chi connectivity index (χ0v) is 11.9. The van der Waals surface area contributed by atoms with Gasteiger partial charge in [0.15, 0.2) is 0 Å². The Hall–Kier alpha value is -0.560. The first kappa shape index (κ1) is 15.5. The van der Waals surface area contributed by atoms with Gasteiger partial charge in [0.2, 0.25) is 0 Å². The van der Waals surface area contributed by atoms with Gasteiger partial charge in [0.05, 0.1) is 16.6 Å². The van der Waals surface area contributed by atoms with E-state index in [0.29, 0.717) is 6.42 Å². The molecule has 0 heterocycles. The standard InChI is InChI=1S/C12H17BrF2N2O/c1-3-11(18-2)10(17-16)6-7-9(14)5-4-8(13)12(7)15/h4-5,10-11,17H,3,6,16H2,1-2H3. The number of halogens is 3. The Bertz CT molecular complexity index is 400. The fraction of sp³-hybridized carbons (Fsp3) is 0.500. The number of rotatable bonds is 6. The van der Waals surface area contributed by atoms with E-state index in [1.165, 1.54) is 12.1 Å². The van der Waals surface area contributed by atoms with Gasteiger partial charge in [-0.25, -0.2) is 8.78 Å². The summed E-state index contributed by atoms with van der Waals surface area (Å²) in [7, 11) is 1.55. The molecule has 0 saturated heterocycles. The molecule has 2 unspecified atom stereocenters. The van der Waals surface area contributed by atoms with Crippen molar-refractivity contribution in [2.24, 2.45) is 5.84 Å². The molecule has 1 aromatic carbocycles. The number of benzene rings is 1. The Morgan fingerprint density at radius 3 is 2.61 bits per heavy atom. The lowest BCUT2D eigenvalue weighted by atomic mass is 9.99. The molecule has 2 atom stereocenters. The zero-order chi connectivity index (χ0) is 13.7. The quantitative estimate of drug-likeness (QED) is 0.480. The Kier molecular flexibility index (Phi) is 6.14. The molecular weight excluding hydrogens is 306 g/mol. The minimum atomic E-state index is -0.596. The van der Waals surface area contributed by atoms with Crippen LogP contribution in [-0.2, 0) is 11.2 Å². The molecule has 0 fully saturated rings. The minimum Gasteiger partial charge on any atom is -0.380 e. The first-order chi connectivity index (χ1) is 8.54. The summed E-state index contributed by atoms with van der Waals surface area (Å²) < 4.78 is 32.9. The molecule has 1 aromatic rings. The summed E-state index contributed by atoms with van der Waals surface area (Å²) in [6.07, 6.45) is 0.621. The van der Waals surface area contributed by atoms with Crippen molar-refractivity contribution in [1.82, 2.24) is 5.43 Å². The summed E-state index contributed by atoms with van der Waals surface area (Å²) in [5, 5.41) is 0. The Morgan fingerprint density at radius 1 is 1.44 bits per heavy atom. The molecule has 0 bridgehead atoms. The van der Waals surface area contributed by atoms with Crippen molar-refractivity contribution in [3.05, 3.63) is 33.8 Å². The van der Waals surface area contributed by atoms with Crippen LogP contribution in [0.3, 0.4) is 0 Å². The van der Waals surface area contributed by atoms with Crippen LogP contribution in [0.4, 0.5) is 8.78 Å². The van der Waals surface area contributed by atoms with E-state index in [1.54, 1.807) is 7.11 Å². The predicted octanol–water partition coefficient (Wildman–Crippen LogP) is 2.53. The van der Waals surface area contributed by atoms with Crippen molar-refractivity contribution in [1.29, 1.82) is 0 Å². The summed E-state index contributed by atoms with van der Waals surface area (Å²) in [5.41, 5.74) is 2.56. The molecule has 0 radical (unpaired) electrons. The number of ether oxygens (including phenoxy) is 1. The molecule has 0 amide bonds. The number of hydrogen-bond donors (Lipinski definition) is 2. The fourth-order valence-electron chi connectivity index (χ4n) is 1.89. The van der Waals surface area contributed by atoms with E-state index in [-0.39, 0.29) is 28.6 Å². The first-order valence-corrected chi connectivity index (χ1v) is 6.45. The normalized spacial score (nSPS) is 14.6. The van der Waals surface area contributed by atoms with E-state index in [4.69, 9.17) is 10.6 Å². The van der Waals surface area contributed by atoms with Crippen LogP contribution < -0.4 is 11.3 Å².